The minimum Gasteiger partial charge on any atom is -0.422 e. The van der Waals surface area contributed by atoms with Crippen LogP contribution in [0.2, 0.25) is 0 Å². The first-order valence-electron chi connectivity index (χ1n) is 3.74. The standard InChI is InChI=1S/C6H8BFN2O2/c8-4-3-5(4)10-6(7(11)12)1-2-9-10/h1-2,4-5,11-12H,3H2/t4-,5+/m0/s1. The average molecular weight is 170 g/mol. The van der Waals surface area contributed by atoms with Crippen LogP contribution < -0.4 is 5.59 Å². The van der Waals surface area contributed by atoms with Crippen LogP contribution in [0.4, 0.5) is 4.39 Å². The molecule has 4 nitrogen and oxygen atoms in total. The Labute approximate surface area is 68.8 Å². The highest BCUT2D eigenvalue weighted by molar-refractivity contribution is 6.57. The molecule has 0 radical (unpaired) electrons. The molecule has 2 N–H and O–H groups in total. The summed E-state index contributed by atoms with van der Waals surface area (Å²) in [5, 5.41) is 21.5. The third-order valence-electron chi connectivity index (χ3n) is 1.96. The number of halogens is 1. The van der Waals surface area contributed by atoms with Gasteiger partial charge >= 0.3 is 7.12 Å². The van der Waals surface area contributed by atoms with E-state index < -0.39 is 13.3 Å². The molecule has 1 aromatic heterocycles. The smallest absolute Gasteiger partial charge is 0.422 e. The molecule has 1 saturated carbocycles. The molecule has 1 aliphatic rings. The Morgan fingerprint density at radius 2 is 2.33 bits per heavy atom. The van der Waals surface area contributed by atoms with Crippen molar-refractivity contribution in [2.45, 2.75) is 18.6 Å². The second-order valence-electron chi connectivity index (χ2n) is 2.89. The average Bonchev–Trinajstić information content (AvgIpc) is 2.58. The van der Waals surface area contributed by atoms with E-state index in [0.717, 1.165) is 0 Å². The summed E-state index contributed by atoms with van der Waals surface area (Å²) in [5.74, 6) is 0. The molecule has 2 rings (SSSR count). The Kier molecular flexibility index (Phi) is 1.66. The molecule has 0 amide bonds. The lowest BCUT2D eigenvalue weighted by molar-refractivity contribution is 0.410. The van der Waals surface area contributed by atoms with Crippen LogP contribution in [0.5, 0.6) is 0 Å². The first-order chi connectivity index (χ1) is 5.70. The molecule has 0 aromatic carbocycles. The van der Waals surface area contributed by atoms with E-state index in [1.165, 1.54) is 16.9 Å². The number of aromatic nitrogens is 2. The largest absolute Gasteiger partial charge is 0.507 e. The predicted molar refractivity (Wildman–Crippen MR) is 40.6 cm³/mol. The van der Waals surface area contributed by atoms with Gasteiger partial charge in [0.1, 0.15) is 6.17 Å². The first-order valence-corrected chi connectivity index (χ1v) is 3.74. The van der Waals surface area contributed by atoms with E-state index in [-0.39, 0.29) is 11.6 Å². The van der Waals surface area contributed by atoms with Crippen molar-refractivity contribution in [3.63, 3.8) is 0 Å². The molecule has 0 saturated heterocycles. The minimum atomic E-state index is -1.57. The molecule has 6 heteroatoms. The molecule has 12 heavy (non-hydrogen) atoms. The summed E-state index contributed by atoms with van der Waals surface area (Å²) in [6, 6.07) is 1.17. The molecule has 1 aliphatic carbocycles. The summed E-state index contributed by atoms with van der Waals surface area (Å²) >= 11 is 0. The van der Waals surface area contributed by atoms with Gasteiger partial charge in [-0.2, -0.15) is 5.10 Å². The first kappa shape index (κ1) is 7.76. The molecule has 1 fully saturated rings. The Balaban J connectivity index is 2.25. The highest BCUT2D eigenvalue weighted by Crippen LogP contribution is 2.37. The normalized spacial score (nSPS) is 27.2. The van der Waals surface area contributed by atoms with Gasteiger partial charge in [-0.15, -0.1) is 0 Å². The van der Waals surface area contributed by atoms with Gasteiger partial charge in [0.05, 0.1) is 11.6 Å². The van der Waals surface area contributed by atoms with Crippen LogP contribution in [0.15, 0.2) is 12.3 Å². The summed E-state index contributed by atoms with van der Waals surface area (Å²) in [5.41, 5.74) is 0.250. The van der Waals surface area contributed by atoms with Crippen molar-refractivity contribution >= 4 is 12.7 Å². The summed E-state index contributed by atoms with van der Waals surface area (Å²) < 4.78 is 13.9. The SMILES string of the molecule is OB(O)c1ccnn1[C@@H]1C[C@@H]1F. The molecule has 0 bridgehead atoms. The summed E-state index contributed by atoms with van der Waals surface area (Å²) in [4.78, 5) is 0. The van der Waals surface area contributed by atoms with Crippen LogP contribution in [0.1, 0.15) is 12.5 Å². The molecule has 0 unspecified atom stereocenters. The maximum atomic E-state index is 12.6. The topological polar surface area (TPSA) is 58.3 Å². The number of hydrogen-bond acceptors (Lipinski definition) is 3. The summed E-state index contributed by atoms with van der Waals surface area (Å²) in [6.45, 7) is 0. The van der Waals surface area contributed by atoms with Crippen molar-refractivity contribution in [3.8, 4) is 0 Å². The van der Waals surface area contributed by atoms with Crippen LogP contribution in [0.25, 0.3) is 0 Å². The fourth-order valence-corrected chi connectivity index (χ4v) is 1.21. The van der Waals surface area contributed by atoms with Crippen molar-refractivity contribution < 1.29 is 14.4 Å². The second-order valence-corrected chi connectivity index (χ2v) is 2.89. The van der Waals surface area contributed by atoms with Crippen LogP contribution in [0.3, 0.4) is 0 Å². The van der Waals surface area contributed by atoms with Crippen LogP contribution in [-0.2, 0) is 0 Å². The van der Waals surface area contributed by atoms with E-state index in [9.17, 15) is 4.39 Å². The highest BCUT2D eigenvalue weighted by Gasteiger charge is 2.41. The second kappa shape index (κ2) is 2.57. The number of hydrogen-bond donors (Lipinski definition) is 2. The lowest BCUT2D eigenvalue weighted by Gasteiger charge is -2.03. The van der Waals surface area contributed by atoms with E-state index in [0.29, 0.717) is 6.42 Å². The van der Waals surface area contributed by atoms with Gasteiger partial charge in [-0.1, -0.05) is 0 Å². The van der Waals surface area contributed by atoms with Crippen molar-refractivity contribution in [2.24, 2.45) is 0 Å². The maximum absolute atomic E-state index is 12.6. The minimum absolute atomic E-state index is 0.250. The number of alkyl halides is 1. The highest BCUT2D eigenvalue weighted by atomic mass is 19.1. The molecule has 1 aromatic rings. The van der Waals surface area contributed by atoms with Gasteiger partial charge in [-0.05, 0) is 6.07 Å². The Bertz CT molecular complexity index is 291. The van der Waals surface area contributed by atoms with Crippen molar-refractivity contribution in [3.05, 3.63) is 12.3 Å². The number of rotatable bonds is 2. The third-order valence-corrected chi connectivity index (χ3v) is 1.96. The van der Waals surface area contributed by atoms with Crippen LogP contribution in [-0.4, -0.2) is 33.1 Å². The van der Waals surface area contributed by atoms with E-state index in [1.54, 1.807) is 0 Å². The lowest BCUT2D eigenvalue weighted by atomic mass is 9.86. The van der Waals surface area contributed by atoms with E-state index in [1.807, 2.05) is 0 Å². The van der Waals surface area contributed by atoms with Crippen LogP contribution in [0, 0.1) is 0 Å². The molecule has 0 spiro atoms. The quantitative estimate of drug-likeness (QED) is 0.550. The van der Waals surface area contributed by atoms with Gasteiger partial charge in [0.25, 0.3) is 0 Å². The van der Waals surface area contributed by atoms with Crippen LogP contribution >= 0.6 is 0 Å². The zero-order valence-corrected chi connectivity index (χ0v) is 6.26. The van der Waals surface area contributed by atoms with E-state index >= 15 is 0 Å². The van der Waals surface area contributed by atoms with Gasteiger partial charge in [0, 0.05) is 12.6 Å². The van der Waals surface area contributed by atoms with Gasteiger partial charge in [0.15, 0.2) is 0 Å². The summed E-state index contributed by atoms with van der Waals surface area (Å²) in [6.07, 6.45) is 0.962. The summed E-state index contributed by atoms with van der Waals surface area (Å²) in [7, 11) is -1.57. The Hall–Kier alpha value is -0.875. The Morgan fingerprint density at radius 1 is 1.67 bits per heavy atom. The molecule has 64 valence electrons. The lowest BCUT2D eigenvalue weighted by Crippen LogP contribution is -2.36. The molecule has 2 atom stereocenters. The molecule has 1 heterocycles. The molecular weight excluding hydrogens is 162 g/mol. The monoisotopic (exact) mass is 170 g/mol. The fraction of sp³-hybridized carbons (Fsp3) is 0.500. The molecule has 0 aliphatic heterocycles. The van der Waals surface area contributed by atoms with Crippen molar-refractivity contribution in [2.75, 3.05) is 0 Å². The Morgan fingerprint density at radius 3 is 2.83 bits per heavy atom. The van der Waals surface area contributed by atoms with E-state index in [2.05, 4.69) is 5.10 Å². The van der Waals surface area contributed by atoms with Gasteiger partial charge < -0.3 is 10.0 Å². The van der Waals surface area contributed by atoms with Crippen molar-refractivity contribution in [1.29, 1.82) is 0 Å². The third kappa shape index (κ3) is 1.13. The predicted octanol–water partition coefficient (Wildman–Crippen LogP) is -1.15. The fourth-order valence-electron chi connectivity index (χ4n) is 1.21. The van der Waals surface area contributed by atoms with Gasteiger partial charge in [-0.25, -0.2) is 4.39 Å². The van der Waals surface area contributed by atoms with Gasteiger partial charge in [-0.3, -0.25) is 4.68 Å². The van der Waals surface area contributed by atoms with Gasteiger partial charge in [0.2, 0.25) is 0 Å². The van der Waals surface area contributed by atoms with Crippen molar-refractivity contribution in [1.82, 2.24) is 9.78 Å². The number of nitrogens with zero attached hydrogens (tertiary/aromatic N) is 2. The van der Waals surface area contributed by atoms with E-state index in [4.69, 9.17) is 10.0 Å². The zero-order chi connectivity index (χ0) is 8.72. The zero-order valence-electron chi connectivity index (χ0n) is 6.26. The maximum Gasteiger partial charge on any atom is 0.507 e. The molecular formula is C6H8BFN2O2.